The topological polar surface area (TPSA) is 84.7 Å². The van der Waals surface area contributed by atoms with Crippen LogP contribution in [0.15, 0.2) is 18.5 Å². The van der Waals surface area contributed by atoms with Crippen LogP contribution in [0.3, 0.4) is 0 Å². The Morgan fingerprint density at radius 2 is 2.00 bits per heavy atom. The van der Waals surface area contributed by atoms with Gasteiger partial charge >= 0.3 is 0 Å². The minimum Gasteiger partial charge on any atom is -0.504 e. The molecule has 2 aromatic rings. The number of nitrogens with zero attached hydrogens (tertiary/aromatic N) is 2. The molecule has 0 atom stereocenters. The Balaban J connectivity index is 2.09. The Morgan fingerprint density at radius 3 is 2.79 bits per heavy atom. The van der Waals surface area contributed by atoms with Gasteiger partial charge in [-0.1, -0.05) is 11.6 Å². The molecule has 0 radical (unpaired) electrons. The van der Waals surface area contributed by atoms with Crippen molar-refractivity contribution in [1.29, 1.82) is 0 Å². The van der Waals surface area contributed by atoms with Crippen LogP contribution in [0.4, 0.5) is 0 Å². The molecule has 2 N–H and O–H groups in total. The molecule has 1 aromatic carbocycles. The van der Waals surface area contributed by atoms with Crippen molar-refractivity contribution in [2.24, 2.45) is 0 Å². The van der Waals surface area contributed by atoms with Crippen molar-refractivity contribution in [3.8, 4) is 11.5 Å². The first-order valence-electron chi connectivity index (χ1n) is 5.67. The van der Waals surface area contributed by atoms with Crippen LogP contribution >= 0.6 is 11.6 Å². The molecule has 0 unspecified atom stereocenters. The van der Waals surface area contributed by atoms with Gasteiger partial charge in [0.25, 0.3) is 0 Å². The van der Waals surface area contributed by atoms with E-state index in [-0.39, 0.29) is 30.7 Å². The number of ether oxygens (including phenoxy) is 2. The number of phenolic OH excluding ortho intramolecular Hbond substituents is 1. The molecule has 0 fully saturated rings. The molecule has 6 nitrogen and oxygen atoms in total. The molecule has 0 saturated heterocycles. The van der Waals surface area contributed by atoms with Gasteiger partial charge < -0.3 is 19.7 Å². The summed E-state index contributed by atoms with van der Waals surface area (Å²) in [6.07, 6.45) is 1.34. The molecule has 0 aliphatic rings. The lowest BCUT2D eigenvalue weighted by Crippen LogP contribution is -2.09. The number of aliphatic hydroxyl groups is 1. The van der Waals surface area contributed by atoms with E-state index < -0.39 is 0 Å². The maximum absolute atomic E-state index is 9.82. The van der Waals surface area contributed by atoms with Gasteiger partial charge in [0.2, 0.25) is 0 Å². The number of hydrogen-bond acceptors (Lipinski definition) is 6. The van der Waals surface area contributed by atoms with Gasteiger partial charge in [-0.05, 0) is 6.07 Å². The first kappa shape index (κ1) is 13.8. The third-order valence-electron chi connectivity index (χ3n) is 2.39. The summed E-state index contributed by atoms with van der Waals surface area (Å²) >= 11 is 5.90. The monoisotopic (exact) mass is 284 g/mol. The van der Waals surface area contributed by atoms with Crippen LogP contribution in [0, 0.1) is 0 Å². The average Bonchev–Trinajstić information content (AvgIpc) is 2.40. The minimum absolute atomic E-state index is 0.0311. The molecule has 0 aliphatic carbocycles. The molecule has 1 aromatic heterocycles. The second-order valence-electron chi connectivity index (χ2n) is 3.69. The molecule has 102 valence electrons. The van der Waals surface area contributed by atoms with Crippen LogP contribution in [0.2, 0.25) is 5.15 Å². The van der Waals surface area contributed by atoms with E-state index in [1.54, 1.807) is 6.07 Å². The molecule has 19 heavy (non-hydrogen) atoms. The van der Waals surface area contributed by atoms with Gasteiger partial charge in [-0.2, -0.15) is 0 Å². The number of phenols is 1. The van der Waals surface area contributed by atoms with Crippen molar-refractivity contribution < 1.29 is 19.7 Å². The summed E-state index contributed by atoms with van der Waals surface area (Å²) in [6, 6.07) is 3.05. The van der Waals surface area contributed by atoms with Crippen LogP contribution in [-0.4, -0.2) is 46.6 Å². The summed E-state index contributed by atoms with van der Waals surface area (Å²) in [5, 5.41) is 19.2. The largest absolute Gasteiger partial charge is 0.504 e. The third-order valence-corrected chi connectivity index (χ3v) is 2.69. The quantitative estimate of drug-likeness (QED) is 0.616. The number of halogens is 1. The zero-order chi connectivity index (χ0) is 13.7. The summed E-state index contributed by atoms with van der Waals surface area (Å²) in [5.74, 6) is 0.265. The molecule has 2 rings (SSSR count). The Labute approximate surface area is 114 Å². The molecule has 0 spiro atoms. The van der Waals surface area contributed by atoms with Crippen LogP contribution < -0.4 is 4.74 Å². The van der Waals surface area contributed by atoms with Crippen LogP contribution in [-0.2, 0) is 4.74 Å². The number of benzene rings is 1. The van der Waals surface area contributed by atoms with Crippen LogP contribution in [0.1, 0.15) is 0 Å². The van der Waals surface area contributed by atoms with Gasteiger partial charge in [0.05, 0.1) is 25.3 Å². The fourth-order valence-corrected chi connectivity index (χ4v) is 1.73. The van der Waals surface area contributed by atoms with E-state index in [4.69, 9.17) is 26.2 Å². The lowest BCUT2D eigenvalue weighted by Gasteiger charge is -2.09. The van der Waals surface area contributed by atoms with Crippen molar-refractivity contribution in [3.63, 3.8) is 0 Å². The lowest BCUT2D eigenvalue weighted by molar-refractivity contribution is 0.0699. The van der Waals surface area contributed by atoms with Gasteiger partial charge in [-0.15, -0.1) is 0 Å². The lowest BCUT2D eigenvalue weighted by atomic mass is 10.2. The number of aliphatic hydroxyl groups excluding tert-OH is 1. The van der Waals surface area contributed by atoms with Crippen LogP contribution in [0.25, 0.3) is 10.9 Å². The fraction of sp³-hybridized carbons (Fsp3) is 0.333. The Bertz CT molecular complexity index is 565. The number of aromatic nitrogens is 2. The summed E-state index contributed by atoms with van der Waals surface area (Å²) in [6.45, 7) is 0.812. The van der Waals surface area contributed by atoms with Crippen molar-refractivity contribution in [2.75, 3.05) is 26.4 Å². The summed E-state index contributed by atoms with van der Waals surface area (Å²) < 4.78 is 10.4. The van der Waals surface area contributed by atoms with Crippen molar-refractivity contribution >= 4 is 22.5 Å². The Hall–Kier alpha value is -1.63. The van der Waals surface area contributed by atoms with E-state index in [0.717, 1.165) is 0 Å². The zero-order valence-electron chi connectivity index (χ0n) is 10.0. The highest BCUT2D eigenvalue weighted by molar-refractivity contribution is 6.34. The molecular formula is C12H13ClN2O4. The number of rotatable bonds is 6. The molecule has 7 heteroatoms. The van der Waals surface area contributed by atoms with Gasteiger partial charge in [0.15, 0.2) is 11.5 Å². The van der Waals surface area contributed by atoms with Crippen molar-refractivity contribution in [1.82, 2.24) is 9.97 Å². The van der Waals surface area contributed by atoms with E-state index in [9.17, 15) is 5.11 Å². The average molecular weight is 285 g/mol. The van der Waals surface area contributed by atoms with Crippen molar-refractivity contribution in [3.05, 3.63) is 23.6 Å². The summed E-state index contributed by atoms with van der Waals surface area (Å²) in [4.78, 5) is 7.88. The Morgan fingerprint density at radius 1 is 1.16 bits per heavy atom. The predicted molar refractivity (Wildman–Crippen MR) is 69.6 cm³/mol. The first-order valence-corrected chi connectivity index (χ1v) is 6.05. The maximum Gasteiger partial charge on any atom is 0.163 e. The minimum atomic E-state index is -0.0358. The fourth-order valence-electron chi connectivity index (χ4n) is 1.53. The van der Waals surface area contributed by atoms with Crippen molar-refractivity contribution in [2.45, 2.75) is 0 Å². The van der Waals surface area contributed by atoms with E-state index in [2.05, 4.69) is 9.97 Å². The van der Waals surface area contributed by atoms with E-state index in [1.165, 1.54) is 12.4 Å². The van der Waals surface area contributed by atoms with E-state index in [1.807, 2.05) is 0 Å². The summed E-state index contributed by atoms with van der Waals surface area (Å²) in [5.41, 5.74) is 0.587. The standard InChI is InChI=1S/C12H13ClN2O4/c13-12-8-5-10(17)11(6-9(8)14-7-15-12)19-4-3-18-2-1-16/h5-7,16-17H,1-4H2. The molecular weight excluding hydrogens is 272 g/mol. The third kappa shape index (κ3) is 3.44. The van der Waals surface area contributed by atoms with Crippen LogP contribution in [0.5, 0.6) is 11.5 Å². The van der Waals surface area contributed by atoms with E-state index in [0.29, 0.717) is 23.3 Å². The number of aromatic hydroxyl groups is 1. The van der Waals surface area contributed by atoms with Gasteiger partial charge in [0, 0.05) is 11.5 Å². The SMILES string of the molecule is OCCOCCOc1cc2ncnc(Cl)c2cc1O. The molecule has 0 saturated carbocycles. The highest BCUT2D eigenvalue weighted by Gasteiger charge is 2.09. The molecule has 0 bridgehead atoms. The second-order valence-corrected chi connectivity index (χ2v) is 4.04. The molecule has 1 heterocycles. The summed E-state index contributed by atoms with van der Waals surface area (Å²) in [7, 11) is 0. The second kappa shape index (κ2) is 6.51. The normalized spacial score (nSPS) is 10.8. The highest BCUT2D eigenvalue weighted by Crippen LogP contribution is 2.32. The van der Waals surface area contributed by atoms with Gasteiger partial charge in [0.1, 0.15) is 18.1 Å². The smallest absolute Gasteiger partial charge is 0.163 e. The first-order chi connectivity index (χ1) is 9.22. The number of hydrogen-bond donors (Lipinski definition) is 2. The molecule has 0 aliphatic heterocycles. The van der Waals surface area contributed by atoms with Gasteiger partial charge in [-0.3, -0.25) is 0 Å². The maximum atomic E-state index is 9.82. The van der Waals surface area contributed by atoms with Gasteiger partial charge in [-0.25, -0.2) is 9.97 Å². The highest BCUT2D eigenvalue weighted by atomic mass is 35.5. The zero-order valence-corrected chi connectivity index (χ0v) is 10.8. The number of fused-ring (bicyclic) bond motifs is 1. The molecule has 0 amide bonds. The predicted octanol–water partition coefficient (Wildman–Crippen LogP) is 1.38. The van der Waals surface area contributed by atoms with E-state index >= 15 is 0 Å². The Kier molecular flexibility index (Phi) is 4.73.